The smallest absolute Gasteiger partial charge is 0.154 e. The van der Waals surface area contributed by atoms with Crippen molar-refractivity contribution >= 4 is 15.9 Å². The molecule has 0 aliphatic rings. The molecule has 0 saturated heterocycles. The number of hydrogen-bond donors (Lipinski definition) is 1. The van der Waals surface area contributed by atoms with Gasteiger partial charge in [0.25, 0.3) is 0 Å². The molecule has 0 atom stereocenters. The van der Waals surface area contributed by atoms with Crippen molar-refractivity contribution in [3.8, 4) is 5.75 Å². The van der Waals surface area contributed by atoms with Gasteiger partial charge in [-0.3, -0.25) is 4.98 Å². The Labute approximate surface area is 85.9 Å². The lowest BCUT2D eigenvalue weighted by Crippen LogP contribution is -2.02. The fraction of sp³-hybridized carbons (Fsp3) is 0.444. The zero-order valence-corrected chi connectivity index (χ0v) is 9.04. The number of rotatable bonds is 4. The van der Waals surface area contributed by atoms with Crippen LogP contribution in [0.3, 0.4) is 0 Å². The minimum atomic E-state index is 0.150. The lowest BCUT2D eigenvalue weighted by Gasteiger charge is -2.08. The molecular formula is C9H12BrNO2. The van der Waals surface area contributed by atoms with Gasteiger partial charge in [-0.1, -0.05) is 0 Å². The van der Waals surface area contributed by atoms with E-state index in [-0.39, 0.29) is 6.61 Å². The molecule has 72 valence electrons. The van der Waals surface area contributed by atoms with Gasteiger partial charge in [0.15, 0.2) is 5.75 Å². The standard InChI is InChI=1S/C9H12BrNO2/c1-7-9(13-6-2-5-12)8(10)3-4-11-7/h3-4,12H,2,5-6H2,1H3. The average molecular weight is 246 g/mol. The van der Waals surface area contributed by atoms with Gasteiger partial charge < -0.3 is 9.84 Å². The van der Waals surface area contributed by atoms with Crippen molar-refractivity contribution in [3.05, 3.63) is 22.4 Å². The molecule has 1 rings (SSSR count). The number of aromatic nitrogens is 1. The number of hydrogen-bond acceptors (Lipinski definition) is 3. The third-order valence-electron chi connectivity index (χ3n) is 1.58. The van der Waals surface area contributed by atoms with Crippen LogP contribution < -0.4 is 4.74 Å². The molecule has 1 heterocycles. The van der Waals surface area contributed by atoms with E-state index < -0.39 is 0 Å². The van der Waals surface area contributed by atoms with Gasteiger partial charge >= 0.3 is 0 Å². The first-order valence-electron chi connectivity index (χ1n) is 4.10. The van der Waals surface area contributed by atoms with Crippen LogP contribution in [0.5, 0.6) is 5.75 Å². The topological polar surface area (TPSA) is 42.4 Å². The molecule has 0 radical (unpaired) electrons. The predicted octanol–water partition coefficient (Wildman–Crippen LogP) is 1.91. The van der Waals surface area contributed by atoms with E-state index >= 15 is 0 Å². The minimum Gasteiger partial charge on any atom is -0.490 e. The van der Waals surface area contributed by atoms with Crippen LogP contribution in [-0.4, -0.2) is 23.3 Å². The van der Waals surface area contributed by atoms with E-state index in [9.17, 15) is 0 Å². The number of halogens is 1. The molecule has 0 aromatic carbocycles. The molecule has 0 amide bonds. The Kier molecular flexibility index (Phi) is 4.18. The van der Waals surface area contributed by atoms with Crippen molar-refractivity contribution < 1.29 is 9.84 Å². The Bertz CT molecular complexity index is 258. The van der Waals surface area contributed by atoms with Crippen LogP contribution in [0.25, 0.3) is 0 Å². The van der Waals surface area contributed by atoms with Gasteiger partial charge in [-0.25, -0.2) is 0 Å². The van der Waals surface area contributed by atoms with Gasteiger partial charge in [0.2, 0.25) is 0 Å². The summed E-state index contributed by atoms with van der Waals surface area (Å²) in [7, 11) is 0. The summed E-state index contributed by atoms with van der Waals surface area (Å²) in [6.07, 6.45) is 2.36. The molecule has 4 heteroatoms. The van der Waals surface area contributed by atoms with E-state index in [4.69, 9.17) is 9.84 Å². The summed E-state index contributed by atoms with van der Waals surface area (Å²) >= 11 is 3.37. The zero-order valence-electron chi connectivity index (χ0n) is 7.46. The molecule has 0 unspecified atom stereocenters. The molecule has 3 nitrogen and oxygen atoms in total. The summed E-state index contributed by atoms with van der Waals surface area (Å²) in [5, 5.41) is 8.58. The van der Waals surface area contributed by atoms with Crippen LogP contribution >= 0.6 is 15.9 Å². The minimum absolute atomic E-state index is 0.150. The molecule has 0 fully saturated rings. The first-order valence-corrected chi connectivity index (χ1v) is 4.89. The number of pyridine rings is 1. The molecule has 1 N–H and O–H groups in total. The third-order valence-corrected chi connectivity index (χ3v) is 2.21. The summed E-state index contributed by atoms with van der Waals surface area (Å²) in [4.78, 5) is 4.10. The zero-order chi connectivity index (χ0) is 9.68. The highest BCUT2D eigenvalue weighted by Gasteiger charge is 2.04. The molecule has 0 saturated carbocycles. The average Bonchev–Trinajstić information content (AvgIpc) is 2.10. The summed E-state index contributed by atoms with van der Waals surface area (Å²) < 4.78 is 6.34. The van der Waals surface area contributed by atoms with E-state index in [0.717, 1.165) is 15.9 Å². The molecule has 0 spiro atoms. The van der Waals surface area contributed by atoms with Crippen molar-refractivity contribution in [2.75, 3.05) is 13.2 Å². The summed E-state index contributed by atoms with van der Waals surface area (Å²) in [6, 6.07) is 1.83. The summed E-state index contributed by atoms with van der Waals surface area (Å²) in [5.74, 6) is 0.760. The van der Waals surface area contributed by atoms with Crippen molar-refractivity contribution in [3.63, 3.8) is 0 Å². The van der Waals surface area contributed by atoms with Gasteiger partial charge in [0.1, 0.15) is 0 Å². The van der Waals surface area contributed by atoms with Crippen LogP contribution in [0.4, 0.5) is 0 Å². The van der Waals surface area contributed by atoms with E-state index in [1.165, 1.54) is 0 Å². The predicted molar refractivity (Wildman–Crippen MR) is 53.9 cm³/mol. The maximum atomic E-state index is 8.58. The van der Waals surface area contributed by atoms with Crippen LogP contribution in [0.2, 0.25) is 0 Å². The van der Waals surface area contributed by atoms with Crippen molar-refractivity contribution in [2.24, 2.45) is 0 Å². The number of ether oxygens (including phenoxy) is 1. The molecule has 0 aliphatic carbocycles. The van der Waals surface area contributed by atoms with Crippen LogP contribution in [0, 0.1) is 6.92 Å². The second-order valence-electron chi connectivity index (χ2n) is 2.63. The quantitative estimate of drug-likeness (QED) is 0.825. The second-order valence-corrected chi connectivity index (χ2v) is 3.49. The number of nitrogens with zero attached hydrogens (tertiary/aromatic N) is 1. The van der Waals surface area contributed by atoms with E-state index in [0.29, 0.717) is 13.0 Å². The molecule has 13 heavy (non-hydrogen) atoms. The highest BCUT2D eigenvalue weighted by Crippen LogP contribution is 2.26. The fourth-order valence-electron chi connectivity index (χ4n) is 0.934. The fourth-order valence-corrected chi connectivity index (χ4v) is 1.45. The monoisotopic (exact) mass is 245 g/mol. The Morgan fingerprint density at radius 2 is 2.38 bits per heavy atom. The lowest BCUT2D eigenvalue weighted by molar-refractivity contribution is 0.231. The van der Waals surface area contributed by atoms with E-state index in [2.05, 4.69) is 20.9 Å². The molecular weight excluding hydrogens is 234 g/mol. The van der Waals surface area contributed by atoms with Gasteiger partial charge in [-0.05, 0) is 28.9 Å². The molecule has 0 bridgehead atoms. The van der Waals surface area contributed by atoms with Crippen LogP contribution in [-0.2, 0) is 0 Å². The van der Waals surface area contributed by atoms with E-state index in [1.807, 2.05) is 13.0 Å². The van der Waals surface area contributed by atoms with Crippen LogP contribution in [0.15, 0.2) is 16.7 Å². The van der Waals surface area contributed by atoms with Crippen molar-refractivity contribution in [2.45, 2.75) is 13.3 Å². The van der Waals surface area contributed by atoms with Crippen LogP contribution in [0.1, 0.15) is 12.1 Å². The Morgan fingerprint density at radius 3 is 3.00 bits per heavy atom. The molecule has 0 aliphatic heterocycles. The highest BCUT2D eigenvalue weighted by molar-refractivity contribution is 9.10. The third kappa shape index (κ3) is 2.97. The summed E-state index contributed by atoms with van der Waals surface area (Å²) in [6.45, 7) is 2.55. The molecule has 1 aromatic rings. The highest BCUT2D eigenvalue weighted by atomic mass is 79.9. The Hall–Kier alpha value is -0.610. The maximum Gasteiger partial charge on any atom is 0.154 e. The maximum absolute atomic E-state index is 8.58. The number of aliphatic hydroxyl groups is 1. The van der Waals surface area contributed by atoms with Crippen molar-refractivity contribution in [1.82, 2.24) is 4.98 Å². The van der Waals surface area contributed by atoms with Gasteiger partial charge in [0, 0.05) is 19.2 Å². The van der Waals surface area contributed by atoms with Crippen molar-refractivity contribution in [1.29, 1.82) is 0 Å². The molecule has 1 aromatic heterocycles. The SMILES string of the molecule is Cc1nccc(Br)c1OCCCO. The first kappa shape index (κ1) is 10.5. The largest absolute Gasteiger partial charge is 0.490 e. The van der Waals surface area contributed by atoms with Gasteiger partial charge in [-0.2, -0.15) is 0 Å². The second kappa shape index (κ2) is 5.19. The lowest BCUT2D eigenvalue weighted by atomic mass is 10.3. The van der Waals surface area contributed by atoms with E-state index in [1.54, 1.807) is 6.20 Å². The van der Waals surface area contributed by atoms with Gasteiger partial charge in [0.05, 0.1) is 16.8 Å². The number of aryl methyl sites for hydroxylation is 1. The normalized spacial score (nSPS) is 10.1. The summed E-state index contributed by atoms with van der Waals surface area (Å²) in [5.41, 5.74) is 0.854. The van der Waals surface area contributed by atoms with Gasteiger partial charge in [-0.15, -0.1) is 0 Å². The Morgan fingerprint density at radius 1 is 1.62 bits per heavy atom. The Balaban J connectivity index is 2.64. The first-order chi connectivity index (χ1) is 6.25. The number of aliphatic hydroxyl groups excluding tert-OH is 1.